The molecule has 2 atom stereocenters. The Balaban J connectivity index is 2.57. The first-order valence-electron chi connectivity index (χ1n) is 7.04. The molecule has 1 aliphatic heterocycles. The Morgan fingerprint density at radius 1 is 1.26 bits per heavy atom. The predicted molar refractivity (Wildman–Crippen MR) is 78.8 cm³/mol. The zero-order valence-electron chi connectivity index (χ0n) is 12.8. The van der Waals surface area contributed by atoms with E-state index in [2.05, 4.69) is 18.7 Å². The fourth-order valence-corrected chi connectivity index (χ4v) is 2.47. The van der Waals surface area contributed by atoms with E-state index in [9.17, 15) is 4.79 Å². The van der Waals surface area contributed by atoms with Crippen LogP contribution in [0.15, 0.2) is 0 Å². The Labute approximate surface area is 122 Å². The Bertz CT molecular complexity index is 304. The molecule has 4 nitrogen and oxygen atoms in total. The van der Waals surface area contributed by atoms with E-state index in [4.69, 9.17) is 16.3 Å². The highest BCUT2D eigenvalue weighted by molar-refractivity contribution is 6.17. The van der Waals surface area contributed by atoms with Crippen molar-refractivity contribution in [1.29, 1.82) is 0 Å². The van der Waals surface area contributed by atoms with Gasteiger partial charge in [-0.2, -0.15) is 0 Å². The summed E-state index contributed by atoms with van der Waals surface area (Å²) in [5.41, 5.74) is -0.435. The lowest BCUT2D eigenvalue weighted by molar-refractivity contribution is -0.00994. The number of halogens is 1. The number of rotatable bonds is 3. The molecule has 0 spiro atoms. The minimum absolute atomic E-state index is 0.182. The molecule has 1 unspecified atom stereocenters. The minimum atomic E-state index is -0.435. The van der Waals surface area contributed by atoms with Crippen molar-refractivity contribution in [1.82, 2.24) is 9.80 Å². The van der Waals surface area contributed by atoms with Gasteiger partial charge in [0, 0.05) is 31.1 Å². The van der Waals surface area contributed by atoms with E-state index in [1.807, 2.05) is 25.7 Å². The second-order valence-electron chi connectivity index (χ2n) is 6.37. The van der Waals surface area contributed by atoms with Crippen LogP contribution >= 0.6 is 11.6 Å². The summed E-state index contributed by atoms with van der Waals surface area (Å²) < 4.78 is 5.46. The van der Waals surface area contributed by atoms with Crippen molar-refractivity contribution in [2.45, 2.75) is 58.7 Å². The van der Waals surface area contributed by atoms with Crippen LogP contribution in [-0.4, -0.2) is 59.1 Å². The van der Waals surface area contributed by atoms with Crippen LogP contribution in [0, 0.1) is 0 Å². The van der Waals surface area contributed by atoms with E-state index >= 15 is 0 Å². The van der Waals surface area contributed by atoms with Gasteiger partial charge in [0.05, 0.1) is 0 Å². The molecule has 0 N–H and O–H groups in total. The smallest absolute Gasteiger partial charge is 0.410 e. The van der Waals surface area contributed by atoms with Crippen LogP contribution in [0.3, 0.4) is 0 Å². The molecule has 0 aromatic carbocycles. The lowest BCUT2D eigenvalue weighted by atomic mass is 10.1. The zero-order valence-corrected chi connectivity index (χ0v) is 13.5. The van der Waals surface area contributed by atoms with Crippen LogP contribution in [-0.2, 0) is 4.74 Å². The first kappa shape index (κ1) is 16.6. The molecule has 0 radical (unpaired) electrons. The van der Waals surface area contributed by atoms with E-state index in [1.165, 1.54) is 0 Å². The van der Waals surface area contributed by atoms with Crippen LogP contribution in [0.5, 0.6) is 0 Å². The van der Waals surface area contributed by atoms with E-state index in [1.54, 1.807) is 0 Å². The molecule has 1 aliphatic rings. The summed E-state index contributed by atoms with van der Waals surface area (Å²) in [5.74, 6) is 0.688. The number of amides is 1. The zero-order chi connectivity index (χ0) is 14.6. The molecule has 19 heavy (non-hydrogen) atoms. The van der Waals surface area contributed by atoms with Gasteiger partial charge in [-0.3, -0.25) is 4.90 Å². The molecule has 1 fully saturated rings. The van der Waals surface area contributed by atoms with Crippen LogP contribution in [0.25, 0.3) is 0 Å². The highest BCUT2D eigenvalue weighted by Crippen LogP contribution is 2.19. The Morgan fingerprint density at radius 2 is 1.89 bits per heavy atom. The molecule has 0 aliphatic carbocycles. The van der Waals surface area contributed by atoms with Crippen molar-refractivity contribution in [3.8, 4) is 0 Å². The van der Waals surface area contributed by atoms with Crippen LogP contribution in [0.4, 0.5) is 4.79 Å². The number of piperazine rings is 1. The van der Waals surface area contributed by atoms with Gasteiger partial charge in [-0.25, -0.2) is 4.79 Å². The van der Waals surface area contributed by atoms with Crippen LogP contribution in [0.1, 0.15) is 41.0 Å². The third kappa shape index (κ3) is 5.19. The molecule has 0 aromatic rings. The number of carbonyl (C=O) groups excluding carboxylic acids is 1. The number of alkyl halides is 1. The van der Waals surface area contributed by atoms with E-state index in [0.717, 1.165) is 26.1 Å². The van der Waals surface area contributed by atoms with Crippen molar-refractivity contribution in [2.75, 3.05) is 25.5 Å². The summed E-state index contributed by atoms with van der Waals surface area (Å²) in [4.78, 5) is 16.4. The fraction of sp³-hybridized carbons (Fsp3) is 0.929. The summed E-state index contributed by atoms with van der Waals surface area (Å²) >= 11 is 5.75. The highest BCUT2D eigenvalue weighted by atomic mass is 35.5. The second-order valence-corrected chi connectivity index (χ2v) is 6.75. The molecular weight excluding hydrogens is 264 g/mol. The average molecular weight is 291 g/mol. The quantitative estimate of drug-likeness (QED) is 0.749. The molecule has 1 amide bonds. The molecule has 0 aromatic heterocycles. The SMILES string of the molecule is CC1CN(CCCCl)[C@@H](C)CN1C(=O)OC(C)(C)C. The lowest BCUT2D eigenvalue weighted by Gasteiger charge is -2.44. The fourth-order valence-electron chi connectivity index (χ4n) is 2.35. The van der Waals surface area contributed by atoms with Gasteiger partial charge in [0.15, 0.2) is 0 Å². The van der Waals surface area contributed by atoms with Crippen molar-refractivity contribution in [3.05, 3.63) is 0 Å². The maximum atomic E-state index is 12.2. The number of ether oxygens (including phenoxy) is 1. The van der Waals surface area contributed by atoms with E-state index < -0.39 is 5.60 Å². The van der Waals surface area contributed by atoms with Crippen molar-refractivity contribution >= 4 is 17.7 Å². The van der Waals surface area contributed by atoms with Crippen LogP contribution in [0.2, 0.25) is 0 Å². The average Bonchev–Trinajstić information content (AvgIpc) is 2.27. The molecule has 112 valence electrons. The van der Waals surface area contributed by atoms with Crippen molar-refractivity contribution < 1.29 is 9.53 Å². The molecule has 1 heterocycles. The molecule has 5 heteroatoms. The number of hydrogen-bond acceptors (Lipinski definition) is 3. The predicted octanol–water partition coefficient (Wildman–Crippen LogP) is 2.95. The maximum absolute atomic E-state index is 12.2. The van der Waals surface area contributed by atoms with Crippen LogP contribution < -0.4 is 0 Å². The summed E-state index contributed by atoms with van der Waals surface area (Å²) in [6.07, 6.45) is 0.786. The first-order valence-corrected chi connectivity index (χ1v) is 7.57. The Hall–Kier alpha value is -0.480. The highest BCUT2D eigenvalue weighted by Gasteiger charge is 2.33. The normalized spacial score (nSPS) is 25.5. The van der Waals surface area contributed by atoms with Gasteiger partial charge in [0.25, 0.3) is 0 Å². The summed E-state index contributed by atoms with van der Waals surface area (Å²) in [6, 6.07) is 0.535. The van der Waals surface area contributed by atoms with Gasteiger partial charge in [-0.05, 0) is 47.6 Å². The van der Waals surface area contributed by atoms with Crippen molar-refractivity contribution in [2.24, 2.45) is 0 Å². The summed E-state index contributed by atoms with van der Waals surface area (Å²) in [5, 5.41) is 0. The van der Waals surface area contributed by atoms with E-state index in [0.29, 0.717) is 11.9 Å². The molecule has 1 saturated heterocycles. The van der Waals surface area contributed by atoms with Gasteiger partial charge < -0.3 is 9.64 Å². The topological polar surface area (TPSA) is 32.8 Å². The van der Waals surface area contributed by atoms with Gasteiger partial charge in [0.1, 0.15) is 5.60 Å². The van der Waals surface area contributed by atoms with Crippen molar-refractivity contribution in [3.63, 3.8) is 0 Å². The van der Waals surface area contributed by atoms with Gasteiger partial charge in [-0.1, -0.05) is 0 Å². The molecule has 0 bridgehead atoms. The Kier molecular flexibility index (Phi) is 5.93. The third-order valence-electron chi connectivity index (χ3n) is 3.32. The summed E-state index contributed by atoms with van der Waals surface area (Å²) in [6.45, 7) is 12.5. The maximum Gasteiger partial charge on any atom is 0.410 e. The third-order valence-corrected chi connectivity index (χ3v) is 3.59. The standard InChI is InChI=1S/C14H27ClN2O2/c1-11-10-17(13(18)19-14(3,4)5)12(2)9-16(11)8-6-7-15/h11-12H,6-10H2,1-5H3/t11-,12?/m0/s1. The van der Waals surface area contributed by atoms with Gasteiger partial charge in [0.2, 0.25) is 0 Å². The number of hydrogen-bond donors (Lipinski definition) is 0. The summed E-state index contributed by atoms with van der Waals surface area (Å²) in [7, 11) is 0. The largest absolute Gasteiger partial charge is 0.444 e. The van der Waals surface area contributed by atoms with Gasteiger partial charge >= 0.3 is 6.09 Å². The second kappa shape index (κ2) is 6.80. The number of nitrogens with zero attached hydrogens (tertiary/aromatic N) is 2. The molecule has 1 rings (SSSR count). The van der Waals surface area contributed by atoms with Gasteiger partial charge in [-0.15, -0.1) is 11.6 Å². The molecule has 0 saturated carbocycles. The Morgan fingerprint density at radius 3 is 2.42 bits per heavy atom. The lowest BCUT2D eigenvalue weighted by Crippen LogP contribution is -2.58. The minimum Gasteiger partial charge on any atom is -0.444 e. The van der Waals surface area contributed by atoms with E-state index in [-0.39, 0.29) is 12.1 Å². The number of carbonyl (C=O) groups is 1. The first-order chi connectivity index (χ1) is 8.74. The monoisotopic (exact) mass is 290 g/mol. The molecular formula is C14H27ClN2O2.